The Morgan fingerprint density at radius 3 is 2.55 bits per heavy atom. The predicted octanol–water partition coefficient (Wildman–Crippen LogP) is 3.57. The van der Waals surface area contributed by atoms with Crippen LogP contribution in [0.4, 0.5) is 5.69 Å². The molecule has 1 heterocycles. The van der Waals surface area contributed by atoms with Gasteiger partial charge in [0.15, 0.2) is 0 Å². The Balaban J connectivity index is 1.80. The van der Waals surface area contributed by atoms with Crippen molar-refractivity contribution in [3.63, 3.8) is 0 Å². The van der Waals surface area contributed by atoms with Gasteiger partial charge in [-0.2, -0.15) is 0 Å². The molecule has 1 aliphatic rings. The Bertz CT molecular complexity index is 662. The van der Waals surface area contributed by atoms with E-state index in [9.17, 15) is 0 Å². The van der Waals surface area contributed by atoms with E-state index in [1.807, 2.05) is 60.5 Å². The zero-order valence-electron chi connectivity index (χ0n) is 11.4. The van der Waals surface area contributed by atoms with Gasteiger partial charge in [-0.25, -0.2) is 0 Å². The highest BCUT2D eigenvalue weighted by atomic mass is 16.6. The topological polar surface area (TPSA) is 24.8 Å². The van der Waals surface area contributed by atoms with Crippen LogP contribution in [0.25, 0.3) is 0 Å². The summed E-state index contributed by atoms with van der Waals surface area (Å²) in [5, 5.41) is 4.27. The lowest BCUT2D eigenvalue weighted by molar-refractivity contribution is 0.131. The van der Waals surface area contributed by atoms with Gasteiger partial charge in [0, 0.05) is 12.6 Å². The summed E-state index contributed by atoms with van der Waals surface area (Å²) in [6.07, 6.45) is 0. The van der Waals surface area contributed by atoms with Crippen LogP contribution in [0.1, 0.15) is 11.1 Å². The molecule has 0 amide bonds. The van der Waals surface area contributed by atoms with E-state index in [1.165, 1.54) is 0 Å². The molecule has 0 bridgehead atoms. The summed E-state index contributed by atoms with van der Waals surface area (Å²) >= 11 is 0. The summed E-state index contributed by atoms with van der Waals surface area (Å²) in [4.78, 5) is 7.51. The van der Waals surface area contributed by atoms with Gasteiger partial charge in [-0.05, 0) is 11.6 Å². The van der Waals surface area contributed by atoms with Crippen LogP contribution in [0, 0.1) is 0 Å². The molecule has 3 nitrogen and oxygen atoms in total. The van der Waals surface area contributed by atoms with Crippen molar-refractivity contribution in [1.82, 2.24) is 0 Å². The van der Waals surface area contributed by atoms with Gasteiger partial charge >= 0.3 is 0 Å². The van der Waals surface area contributed by atoms with Crippen molar-refractivity contribution in [2.45, 2.75) is 6.61 Å². The number of benzene rings is 2. The first-order chi connectivity index (χ1) is 9.77. The Kier molecular flexibility index (Phi) is 3.25. The maximum Gasteiger partial charge on any atom is 0.142 e. The largest absolute Gasteiger partial charge is 0.390 e. The summed E-state index contributed by atoms with van der Waals surface area (Å²) in [5.41, 5.74) is 4.94. The maximum atomic E-state index is 5.48. The van der Waals surface area contributed by atoms with Crippen molar-refractivity contribution in [3.05, 3.63) is 78.0 Å². The lowest BCUT2D eigenvalue weighted by Gasteiger charge is -2.11. The van der Waals surface area contributed by atoms with Crippen molar-refractivity contribution in [2.24, 2.45) is 5.16 Å². The first kappa shape index (κ1) is 12.5. The van der Waals surface area contributed by atoms with Crippen LogP contribution in [-0.2, 0) is 11.4 Å². The average Bonchev–Trinajstić information content (AvgIpc) is 2.74. The molecule has 0 aromatic heterocycles. The fourth-order valence-corrected chi connectivity index (χ4v) is 2.27. The Morgan fingerprint density at radius 1 is 1.05 bits per heavy atom. The van der Waals surface area contributed by atoms with Crippen molar-refractivity contribution < 1.29 is 4.84 Å². The molecule has 3 rings (SSSR count). The minimum atomic E-state index is 0.462. The van der Waals surface area contributed by atoms with Crippen LogP contribution in [-0.4, -0.2) is 12.8 Å². The molecule has 0 saturated heterocycles. The highest BCUT2D eigenvalue weighted by molar-refractivity contribution is 6.21. The van der Waals surface area contributed by atoms with Gasteiger partial charge in [-0.15, -0.1) is 0 Å². The third kappa shape index (κ3) is 2.18. The summed E-state index contributed by atoms with van der Waals surface area (Å²) in [7, 11) is 1.99. The van der Waals surface area contributed by atoms with Crippen molar-refractivity contribution in [1.29, 1.82) is 0 Å². The zero-order chi connectivity index (χ0) is 13.9. The van der Waals surface area contributed by atoms with Crippen LogP contribution in [0.15, 0.2) is 72.0 Å². The van der Waals surface area contributed by atoms with Gasteiger partial charge in [0.05, 0.1) is 11.4 Å². The quantitative estimate of drug-likeness (QED) is 0.792. The van der Waals surface area contributed by atoms with Gasteiger partial charge in [0.2, 0.25) is 0 Å². The maximum absolute atomic E-state index is 5.48. The summed E-state index contributed by atoms with van der Waals surface area (Å²) in [5.74, 6) is 0. The standard InChI is InChI=1S/C17H16N2O/c1-13-17(15-10-6-7-11-16(15)19(13)2)18-20-12-14-8-4-3-5-9-14/h3-11H,1,12H2,2H3/b18-17-. The third-order valence-corrected chi connectivity index (χ3v) is 3.43. The number of para-hydroxylation sites is 1. The van der Waals surface area contributed by atoms with E-state index >= 15 is 0 Å². The van der Waals surface area contributed by atoms with E-state index in [1.54, 1.807) is 0 Å². The molecule has 0 atom stereocenters. The monoisotopic (exact) mass is 264 g/mol. The number of likely N-dealkylation sites (N-methyl/N-ethyl adjacent to an activating group) is 1. The molecule has 0 aliphatic carbocycles. The Labute approximate surface area is 118 Å². The second-order valence-corrected chi connectivity index (χ2v) is 4.72. The molecular weight excluding hydrogens is 248 g/mol. The van der Waals surface area contributed by atoms with Gasteiger partial charge in [0.1, 0.15) is 12.3 Å². The molecule has 0 saturated carbocycles. The molecule has 20 heavy (non-hydrogen) atoms. The van der Waals surface area contributed by atoms with Crippen LogP contribution >= 0.6 is 0 Å². The molecule has 2 aromatic rings. The van der Waals surface area contributed by atoms with Gasteiger partial charge in [0.25, 0.3) is 0 Å². The summed E-state index contributed by atoms with van der Waals surface area (Å²) in [6.45, 7) is 4.53. The van der Waals surface area contributed by atoms with Gasteiger partial charge < -0.3 is 9.74 Å². The molecule has 0 spiro atoms. The number of anilines is 1. The second-order valence-electron chi connectivity index (χ2n) is 4.72. The number of hydrogen-bond acceptors (Lipinski definition) is 3. The van der Waals surface area contributed by atoms with E-state index in [2.05, 4.69) is 17.8 Å². The van der Waals surface area contributed by atoms with E-state index in [-0.39, 0.29) is 0 Å². The van der Waals surface area contributed by atoms with Gasteiger partial charge in [-0.3, -0.25) is 0 Å². The molecule has 100 valence electrons. The molecule has 1 aliphatic heterocycles. The fraction of sp³-hybridized carbons (Fsp3) is 0.118. The molecule has 0 unspecified atom stereocenters. The normalized spacial score (nSPS) is 15.6. The highest BCUT2D eigenvalue weighted by Crippen LogP contribution is 2.32. The zero-order valence-corrected chi connectivity index (χ0v) is 11.4. The minimum absolute atomic E-state index is 0.462. The number of oxime groups is 1. The van der Waals surface area contributed by atoms with Gasteiger partial charge in [-0.1, -0.05) is 60.3 Å². The lowest BCUT2D eigenvalue weighted by atomic mass is 10.1. The molecule has 3 heteroatoms. The van der Waals surface area contributed by atoms with Crippen LogP contribution < -0.4 is 4.90 Å². The van der Waals surface area contributed by atoms with Crippen molar-refractivity contribution in [3.8, 4) is 0 Å². The SMILES string of the molecule is C=C1/C(=N/OCc2ccccc2)c2ccccc2N1C. The Morgan fingerprint density at radius 2 is 1.75 bits per heavy atom. The van der Waals surface area contributed by atoms with Crippen LogP contribution in [0.2, 0.25) is 0 Å². The number of allylic oxidation sites excluding steroid dienone is 1. The molecule has 0 fully saturated rings. The highest BCUT2D eigenvalue weighted by Gasteiger charge is 2.26. The first-order valence-corrected chi connectivity index (χ1v) is 6.53. The molecule has 0 radical (unpaired) electrons. The van der Waals surface area contributed by atoms with Crippen molar-refractivity contribution in [2.75, 3.05) is 11.9 Å². The summed E-state index contributed by atoms with van der Waals surface area (Å²) < 4.78 is 0. The number of rotatable bonds is 3. The number of hydrogen-bond donors (Lipinski definition) is 0. The Hall–Kier alpha value is -2.55. The van der Waals surface area contributed by atoms with E-state index < -0.39 is 0 Å². The van der Waals surface area contributed by atoms with Crippen LogP contribution in [0.5, 0.6) is 0 Å². The van der Waals surface area contributed by atoms with Crippen LogP contribution in [0.3, 0.4) is 0 Å². The molecule has 2 aromatic carbocycles. The lowest BCUT2D eigenvalue weighted by Crippen LogP contribution is -2.13. The van der Waals surface area contributed by atoms with E-state index in [0.717, 1.165) is 28.2 Å². The number of nitrogens with zero attached hydrogens (tertiary/aromatic N) is 2. The van der Waals surface area contributed by atoms with Crippen molar-refractivity contribution >= 4 is 11.4 Å². The minimum Gasteiger partial charge on any atom is -0.390 e. The molecule has 0 N–H and O–H groups in total. The van der Waals surface area contributed by atoms with E-state index in [4.69, 9.17) is 4.84 Å². The second kappa shape index (κ2) is 5.21. The predicted molar refractivity (Wildman–Crippen MR) is 81.8 cm³/mol. The first-order valence-electron chi connectivity index (χ1n) is 6.53. The van der Waals surface area contributed by atoms with E-state index in [0.29, 0.717) is 6.61 Å². The number of fused-ring (bicyclic) bond motifs is 1. The third-order valence-electron chi connectivity index (χ3n) is 3.43. The molecular formula is C17H16N2O. The fourth-order valence-electron chi connectivity index (χ4n) is 2.27. The summed E-state index contributed by atoms with van der Waals surface area (Å²) in [6, 6.07) is 18.1. The average molecular weight is 264 g/mol. The smallest absolute Gasteiger partial charge is 0.142 e.